The van der Waals surface area contributed by atoms with Crippen LogP contribution >= 0.6 is 23.4 Å². The first kappa shape index (κ1) is 21.6. The van der Waals surface area contributed by atoms with E-state index in [1.807, 2.05) is 12.3 Å². The molecule has 1 N–H and O–H groups in total. The lowest BCUT2D eigenvalue weighted by Crippen LogP contribution is -2.60. The molecule has 0 aromatic rings. The zero-order valence-corrected chi connectivity index (χ0v) is 19.3. The number of esters is 1. The van der Waals surface area contributed by atoms with E-state index in [2.05, 4.69) is 25.7 Å². The number of carbonyl (C=O) groups excluding carboxylic acids is 1. The zero-order valence-electron chi connectivity index (χ0n) is 17.7. The quantitative estimate of drug-likeness (QED) is 0.468. The summed E-state index contributed by atoms with van der Waals surface area (Å²) in [6, 6.07) is 0. The van der Waals surface area contributed by atoms with Crippen molar-refractivity contribution in [2.45, 2.75) is 70.5 Å². The van der Waals surface area contributed by atoms with Crippen molar-refractivity contribution in [1.29, 1.82) is 0 Å². The standard InChI is InChI=1S/C24H33ClO3S/c1-22-10-5-4-6-16(22)7-8-17-18-9-11-24(12-13-25,28-20(27)15-29-3)23(18,2)14-19(26)21(17)22/h4,12-13,17-19,21,26H,5,7-11,14-15H2,1-3H3/t17-,18-,19?,21+,22-,23-,24-/m0/s1. The summed E-state index contributed by atoms with van der Waals surface area (Å²) in [6.07, 6.45) is 12.3. The molecule has 4 aliphatic carbocycles. The third-order valence-electron chi connectivity index (χ3n) is 8.77. The molecule has 0 heterocycles. The first-order chi connectivity index (χ1) is 13.8. The van der Waals surface area contributed by atoms with Gasteiger partial charge in [0.15, 0.2) is 0 Å². The summed E-state index contributed by atoms with van der Waals surface area (Å²) < 4.78 is 6.15. The number of hydrogen-bond acceptors (Lipinski definition) is 4. The van der Waals surface area contributed by atoms with Gasteiger partial charge >= 0.3 is 5.97 Å². The minimum absolute atomic E-state index is 0.0432. The van der Waals surface area contributed by atoms with Crippen LogP contribution in [0.2, 0.25) is 0 Å². The first-order valence-electron chi connectivity index (χ1n) is 10.9. The predicted octanol–water partition coefficient (Wildman–Crippen LogP) is 5.47. The normalized spacial score (nSPS) is 46.0. The van der Waals surface area contributed by atoms with Crippen molar-refractivity contribution < 1.29 is 14.6 Å². The number of fused-ring (bicyclic) bond motifs is 5. The molecule has 0 spiro atoms. The lowest BCUT2D eigenvalue weighted by molar-refractivity contribution is -0.184. The van der Waals surface area contributed by atoms with E-state index in [9.17, 15) is 9.90 Å². The molecule has 7 atom stereocenters. The molecule has 0 saturated heterocycles. The Labute approximate surface area is 184 Å². The van der Waals surface area contributed by atoms with Crippen molar-refractivity contribution in [3.8, 4) is 0 Å². The molecule has 5 heteroatoms. The average molecular weight is 437 g/mol. The lowest BCUT2D eigenvalue weighted by atomic mass is 9.46. The minimum Gasteiger partial charge on any atom is -0.454 e. The van der Waals surface area contributed by atoms with Crippen molar-refractivity contribution in [3.63, 3.8) is 0 Å². The van der Waals surface area contributed by atoms with Gasteiger partial charge in [-0.2, -0.15) is 11.8 Å². The molecule has 0 bridgehead atoms. The topological polar surface area (TPSA) is 46.5 Å². The second-order valence-corrected chi connectivity index (χ2v) is 11.1. The van der Waals surface area contributed by atoms with E-state index < -0.39 is 11.7 Å². The number of rotatable bonds is 4. The highest BCUT2D eigenvalue weighted by atomic mass is 35.5. The van der Waals surface area contributed by atoms with Crippen LogP contribution in [0.4, 0.5) is 0 Å². The molecule has 0 amide bonds. The van der Waals surface area contributed by atoms with Gasteiger partial charge < -0.3 is 9.84 Å². The Morgan fingerprint density at radius 3 is 2.93 bits per heavy atom. The van der Waals surface area contributed by atoms with Crippen LogP contribution in [0, 0.1) is 28.6 Å². The summed E-state index contributed by atoms with van der Waals surface area (Å²) in [5.41, 5.74) is 5.48. The number of halogens is 1. The maximum atomic E-state index is 12.5. The van der Waals surface area contributed by atoms with Gasteiger partial charge in [0, 0.05) is 16.4 Å². The maximum Gasteiger partial charge on any atom is 0.316 e. The summed E-state index contributed by atoms with van der Waals surface area (Å²) in [5, 5.41) is 11.5. The van der Waals surface area contributed by atoms with Gasteiger partial charge in [-0.25, -0.2) is 0 Å². The Morgan fingerprint density at radius 2 is 2.21 bits per heavy atom. The molecular formula is C24H33ClO3S. The van der Waals surface area contributed by atoms with Gasteiger partial charge in [0.2, 0.25) is 0 Å². The van der Waals surface area contributed by atoms with E-state index >= 15 is 0 Å². The number of thioether (sulfide) groups is 1. The van der Waals surface area contributed by atoms with E-state index in [0.717, 1.165) is 38.5 Å². The van der Waals surface area contributed by atoms with Crippen molar-refractivity contribution >= 4 is 29.3 Å². The van der Waals surface area contributed by atoms with E-state index in [1.165, 1.54) is 22.9 Å². The number of allylic oxidation sites excluding steroid dienone is 1. The molecule has 0 radical (unpaired) electrons. The summed E-state index contributed by atoms with van der Waals surface area (Å²) in [6.45, 7) is 4.58. The number of ether oxygens (including phenoxy) is 1. The molecule has 3 nitrogen and oxygen atoms in total. The van der Waals surface area contributed by atoms with Crippen LogP contribution in [0.3, 0.4) is 0 Å². The van der Waals surface area contributed by atoms with Crippen molar-refractivity contribution in [1.82, 2.24) is 0 Å². The van der Waals surface area contributed by atoms with Gasteiger partial charge in [0.25, 0.3) is 0 Å². The molecule has 0 aromatic carbocycles. The van der Waals surface area contributed by atoms with Gasteiger partial charge in [-0.15, -0.1) is 5.73 Å². The Kier molecular flexibility index (Phi) is 5.79. The minimum atomic E-state index is -0.721. The fraction of sp³-hybridized carbons (Fsp3) is 0.750. The van der Waals surface area contributed by atoms with Crippen LogP contribution in [0.25, 0.3) is 0 Å². The molecule has 160 valence electrons. The predicted molar refractivity (Wildman–Crippen MR) is 119 cm³/mol. The zero-order chi connectivity index (χ0) is 20.9. The van der Waals surface area contributed by atoms with Crippen LogP contribution in [0.1, 0.15) is 58.8 Å². The van der Waals surface area contributed by atoms with Crippen molar-refractivity contribution in [3.05, 3.63) is 29.0 Å². The molecule has 4 rings (SSSR count). The first-order valence-corrected chi connectivity index (χ1v) is 12.8. The molecule has 1 unspecified atom stereocenters. The Balaban J connectivity index is 1.71. The molecule has 3 saturated carbocycles. The number of aliphatic hydroxyl groups excluding tert-OH is 1. The number of aliphatic hydroxyl groups is 1. The second kappa shape index (κ2) is 7.79. The van der Waals surface area contributed by atoms with Gasteiger partial charge in [0.05, 0.1) is 11.9 Å². The van der Waals surface area contributed by atoms with Crippen LogP contribution < -0.4 is 0 Å². The fourth-order valence-corrected chi connectivity index (χ4v) is 8.02. The Morgan fingerprint density at radius 1 is 1.41 bits per heavy atom. The van der Waals surface area contributed by atoms with E-state index in [-0.39, 0.29) is 22.7 Å². The monoisotopic (exact) mass is 436 g/mol. The molecule has 4 aliphatic rings. The molecule has 29 heavy (non-hydrogen) atoms. The van der Waals surface area contributed by atoms with E-state index in [1.54, 1.807) is 0 Å². The van der Waals surface area contributed by atoms with Gasteiger partial charge in [-0.1, -0.05) is 25.4 Å². The van der Waals surface area contributed by atoms with Gasteiger partial charge in [-0.3, -0.25) is 4.79 Å². The Hall–Kier alpha value is -0.670. The SMILES string of the molecule is CSCC(=O)O[C@]1(C=CCl)CC[C@H]2[C@@H]3CCC4=C=CCC[C@]4(C)[C@H]3C(O)C[C@@]21C. The molecule has 0 aromatic heterocycles. The molecular weight excluding hydrogens is 404 g/mol. The number of hydrogen-bond donors (Lipinski definition) is 1. The van der Waals surface area contributed by atoms with Crippen LogP contribution in [0.5, 0.6) is 0 Å². The summed E-state index contributed by atoms with van der Waals surface area (Å²) >= 11 is 7.53. The van der Waals surface area contributed by atoms with Crippen LogP contribution in [-0.2, 0) is 9.53 Å². The van der Waals surface area contributed by atoms with Gasteiger partial charge in [-0.05, 0) is 86.7 Å². The highest BCUT2D eigenvalue weighted by Crippen LogP contribution is 2.68. The molecule has 3 fully saturated rings. The largest absolute Gasteiger partial charge is 0.454 e. The molecule has 0 aliphatic heterocycles. The fourth-order valence-electron chi connectivity index (χ4n) is 7.52. The van der Waals surface area contributed by atoms with Crippen molar-refractivity contribution in [2.75, 3.05) is 12.0 Å². The summed E-state index contributed by atoms with van der Waals surface area (Å²) in [4.78, 5) is 12.5. The summed E-state index contributed by atoms with van der Waals surface area (Å²) in [5.74, 6) is 1.29. The van der Waals surface area contributed by atoms with E-state index in [0.29, 0.717) is 24.0 Å². The van der Waals surface area contributed by atoms with Gasteiger partial charge in [0.1, 0.15) is 5.60 Å². The highest BCUT2D eigenvalue weighted by molar-refractivity contribution is 7.99. The van der Waals surface area contributed by atoms with Crippen LogP contribution in [-0.4, -0.2) is 34.8 Å². The summed E-state index contributed by atoms with van der Waals surface area (Å²) in [7, 11) is 0. The maximum absolute atomic E-state index is 12.5. The highest BCUT2D eigenvalue weighted by Gasteiger charge is 2.67. The van der Waals surface area contributed by atoms with Crippen molar-refractivity contribution in [2.24, 2.45) is 28.6 Å². The number of carbonyl (C=O) groups is 1. The van der Waals surface area contributed by atoms with Crippen LogP contribution in [0.15, 0.2) is 29.0 Å². The second-order valence-electron chi connectivity index (χ2n) is 9.93. The smallest absolute Gasteiger partial charge is 0.316 e. The lowest BCUT2D eigenvalue weighted by Gasteiger charge is -2.60. The Bertz CT molecular complexity index is 772. The third-order valence-corrected chi connectivity index (χ3v) is 9.42. The van der Waals surface area contributed by atoms with E-state index in [4.69, 9.17) is 16.3 Å². The third kappa shape index (κ3) is 3.17. The average Bonchev–Trinajstić information content (AvgIpc) is 2.93.